The topological polar surface area (TPSA) is 29.5 Å². The largest absolute Gasteiger partial charge is 0.443 e. The van der Waals surface area contributed by atoms with Crippen molar-refractivity contribution in [2.24, 2.45) is 0 Å². The lowest BCUT2D eigenvalue weighted by Crippen LogP contribution is -2.36. The molecule has 0 rings (SSSR count). The maximum absolute atomic E-state index is 11.9. The second-order valence-corrected chi connectivity index (χ2v) is 4.68. The van der Waals surface area contributed by atoms with E-state index in [1.165, 1.54) is 0 Å². The monoisotopic (exact) mass is 227 g/mol. The van der Waals surface area contributed by atoms with Gasteiger partial charge in [-0.3, -0.25) is 4.90 Å². The molecular formula is C13H25NO2. The van der Waals surface area contributed by atoms with Gasteiger partial charge in [-0.25, -0.2) is 4.79 Å². The van der Waals surface area contributed by atoms with Crippen LogP contribution >= 0.6 is 0 Å². The van der Waals surface area contributed by atoms with Crippen molar-refractivity contribution in [3.05, 3.63) is 11.8 Å². The van der Waals surface area contributed by atoms with Gasteiger partial charge in [0.15, 0.2) is 0 Å². The minimum absolute atomic E-state index is 0.253. The summed E-state index contributed by atoms with van der Waals surface area (Å²) in [4.78, 5) is 13.6. The molecule has 0 heterocycles. The Kier molecular flexibility index (Phi) is 6.16. The summed E-state index contributed by atoms with van der Waals surface area (Å²) < 4.78 is 5.37. The van der Waals surface area contributed by atoms with Gasteiger partial charge in [-0.15, -0.1) is 0 Å². The second kappa shape index (κ2) is 6.56. The molecule has 0 radical (unpaired) electrons. The molecule has 0 unspecified atom stereocenters. The quantitative estimate of drug-likeness (QED) is 0.728. The smallest absolute Gasteiger partial charge is 0.414 e. The van der Waals surface area contributed by atoms with E-state index in [1.807, 2.05) is 27.7 Å². The molecule has 0 fully saturated rings. The zero-order chi connectivity index (χ0) is 12.8. The van der Waals surface area contributed by atoms with Crippen molar-refractivity contribution in [3.63, 3.8) is 0 Å². The Morgan fingerprint density at radius 3 is 2.12 bits per heavy atom. The summed E-state index contributed by atoms with van der Waals surface area (Å²) in [5.41, 5.74) is 0.606. The lowest BCUT2D eigenvalue weighted by atomic mass is 10.2. The Morgan fingerprint density at radius 2 is 1.81 bits per heavy atom. The van der Waals surface area contributed by atoms with Gasteiger partial charge in [-0.2, -0.15) is 0 Å². The molecule has 3 nitrogen and oxygen atoms in total. The maximum atomic E-state index is 11.9. The van der Waals surface area contributed by atoms with Crippen LogP contribution in [0, 0.1) is 0 Å². The predicted molar refractivity (Wildman–Crippen MR) is 67.3 cm³/mol. The van der Waals surface area contributed by atoms with E-state index in [2.05, 4.69) is 19.9 Å². The van der Waals surface area contributed by atoms with Crippen LogP contribution in [0.2, 0.25) is 0 Å². The molecular weight excluding hydrogens is 202 g/mol. The number of ether oxygens (including phenoxy) is 1. The Bertz CT molecular complexity index is 251. The normalized spacial score (nSPS) is 12.5. The highest BCUT2D eigenvalue weighted by Crippen LogP contribution is 2.15. The maximum Gasteiger partial charge on any atom is 0.414 e. The third-order valence-corrected chi connectivity index (χ3v) is 2.08. The average molecular weight is 227 g/mol. The van der Waals surface area contributed by atoms with E-state index in [-0.39, 0.29) is 6.09 Å². The highest BCUT2D eigenvalue weighted by Gasteiger charge is 2.22. The van der Waals surface area contributed by atoms with E-state index in [1.54, 1.807) is 4.90 Å². The fourth-order valence-corrected chi connectivity index (χ4v) is 1.45. The summed E-state index contributed by atoms with van der Waals surface area (Å²) in [7, 11) is 0. The molecule has 94 valence electrons. The van der Waals surface area contributed by atoms with Crippen LogP contribution in [0.15, 0.2) is 11.8 Å². The van der Waals surface area contributed by atoms with E-state index in [9.17, 15) is 4.79 Å². The van der Waals surface area contributed by atoms with Crippen molar-refractivity contribution >= 4 is 6.09 Å². The van der Waals surface area contributed by atoms with Gasteiger partial charge in [0.2, 0.25) is 0 Å². The van der Waals surface area contributed by atoms with Crippen LogP contribution in [0.4, 0.5) is 4.79 Å². The Hall–Kier alpha value is -0.990. The molecule has 0 aliphatic heterocycles. The number of nitrogens with zero attached hydrogens (tertiary/aromatic N) is 1. The molecule has 0 spiro atoms. The number of allylic oxidation sites excluding steroid dienone is 2. The zero-order valence-electron chi connectivity index (χ0n) is 11.5. The van der Waals surface area contributed by atoms with E-state index >= 15 is 0 Å². The lowest BCUT2D eigenvalue weighted by molar-refractivity contribution is 0.0316. The molecule has 0 saturated carbocycles. The molecule has 0 bridgehead atoms. The van der Waals surface area contributed by atoms with Gasteiger partial charge >= 0.3 is 6.09 Å². The molecule has 1 amide bonds. The second-order valence-electron chi connectivity index (χ2n) is 4.68. The molecule has 16 heavy (non-hydrogen) atoms. The third-order valence-electron chi connectivity index (χ3n) is 2.08. The van der Waals surface area contributed by atoms with Crippen LogP contribution in [-0.2, 0) is 4.74 Å². The van der Waals surface area contributed by atoms with Crippen LogP contribution in [0.5, 0.6) is 0 Å². The summed E-state index contributed by atoms with van der Waals surface area (Å²) in [5.74, 6) is 0. The van der Waals surface area contributed by atoms with Crippen molar-refractivity contribution in [2.45, 2.75) is 60.0 Å². The van der Waals surface area contributed by atoms with Crippen molar-refractivity contribution in [3.8, 4) is 0 Å². The standard InChI is InChI=1S/C13H25NO2/c1-7-10-11(8-2)14(9-3)12(15)16-13(4,5)6/h10H,7-9H2,1-6H3/b11-10+. The van der Waals surface area contributed by atoms with Gasteiger partial charge in [-0.05, 0) is 40.5 Å². The molecule has 0 aromatic heterocycles. The van der Waals surface area contributed by atoms with Crippen LogP contribution in [0.1, 0.15) is 54.4 Å². The van der Waals surface area contributed by atoms with E-state index in [0.29, 0.717) is 6.54 Å². The number of hydrogen-bond acceptors (Lipinski definition) is 2. The fraction of sp³-hybridized carbons (Fsp3) is 0.769. The highest BCUT2D eigenvalue weighted by molar-refractivity contribution is 5.70. The van der Waals surface area contributed by atoms with Gasteiger partial charge in [0, 0.05) is 12.2 Å². The van der Waals surface area contributed by atoms with Gasteiger partial charge in [0.25, 0.3) is 0 Å². The molecule has 3 heteroatoms. The van der Waals surface area contributed by atoms with Crippen LogP contribution in [0.25, 0.3) is 0 Å². The summed E-state index contributed by atoms with van der Waals surface area (Å²) in [6, 6.07) is 0. The van der Waals surface area contributed by atoms with E-state index in [0.717, 1.165) is 18.5 Å². The number of rotatable bonds is 4. The predicted octanol–water partition coefficient (Wildman–Crippen LogP) is 3.95. The number of amides is 1. The van der Waals surface area contributed by atoms with Crippen LogP contribution in [-0.4, -0.2) is 23.1 Å². The first-order chi connectivity index (χ1) is 7.35. The number of carbonyl (C=O) groups excluding carboxylic acids is 1. The molecule has 0 aliphatic carbocycles. The first-order valence-corrected chi connectivity index (χ1v) is 6.05. The van der Waals surface area contributed by atoms with E-state index in [4.69, 9.17) is 4.74 Å². The molecule has 0 aliphatic rings. The summed E-state index contributed by atoms with van der Waals surface area (Å²) in [6.07, 6.45) is 3.60. The minimum Gasteiger partial charge on any atom is -0.443 e. The number of hydrogen-bond donors (Lipinski definition) is 0. The van der Waals surface area contributed by atoms with E-state index < -0.39 is 5.60 Å². The zero-order valence-corrected chi connectivity index (χ0v) is 11.5. The van der Waals surface area contributed by atoms with Crippen LogP contribution in [0.3, 0.4) is 0 Å². The minimum atomic E-state index is -0.435. The van der Waals surface area contributed by atoms with Gasteiger partial charge in [0.05, 0.1) is 0 Å². The Morgan fingerprint density at radius 1 is 1.25 bits per heavy atom. The highest BCUT2D eigenvalue weighted by atomic mass is 16.6. The molecule has 0 aromatic rings. The fourth-order valence-electron chi connectivity index (χ4n) is 1.45. The summed E-state index contributed by atoms with van der Waals surface area (Å²) in [5, 5.41) is 0. The Labute approximate surface area is 99.5 Å². The van der Waals surface area contributed by atoms with Crippen molar-refractivity contribution in [1.82, 2.24) is 4.90 Å². The Balaban J connectivity index is 4.72. The van der Waals surface area contributed by atoms with Crippen molar-refractivity contribution in [2.75, 3.05) is 6.54 Å². The third kappa shape index (κ3) is 5.19. The van der Waals surface area contributed by atoms with Crippen LogP contribution < -0.4 is 0 Å². The van der Waals surface area contributed by atoms with Gasteiger partial charge < -0.3 is 4.74 Å². The first-order valence-electron chi connectivity index (χ1n) is 6.05. The van der Waals surface area contributed by atoms with Crippen molar-refractivity contribution < 1.29 is 9.53 Å². The summed E-state index contributed by atoms with van der Waals surface area (Å²) in [6.45, 7) is 12.4. The van der Waals surface area contributed by atoms with Crippen molar-refractivity contribution in [1.29, 1.82) is 0 Å². The van der Waals surface area contributed by atoms with Gasteiger partial charge in [-0.1, -0.05) is 19.9 Å². The molecule has 0 atom stereocenters. The molecule has 0 aromatic carbocycles. The SMILES string of the molecule is CC/C=C(\CC)N(CC)C(=O)OC(C)(C)C. The first kappa shape index (κ1) is 15.0. The summed E-state index contributed by atoms with van der Waals surface area (Å²) >= 11 is 0. The number of carbonyl (C=O) groups is 1. The molecule has 0 saturated heterocycles. The lowest BCUT2D eigenvalue weighted by Gasteiger charge is -2.28. The molecule has 0 N–H and O–H groups in total. The average Bonchev–Trinajstić information content (AvgIpc) is 2.14. The van der Waals surface area contributed by atoms with Gasteiger partial charge in [0.1, 0.15) is 5.60 Å².